The van der Waals surface area contributed by atoms with E-state index in [1.54, 1.807) is 6.92 Å². The maximum Gasteiger partial charge on any atom is 0.321 e. The number of esters is 1. The number of rotatable bonds is 4. The molecule has 0 spiro atoms. The van der Waals surface area contributed by atoms with Crippen LogP contribution in [-0.4, -0.2) is 50.0 Å². The molecule has 0 radical (unpaired) electrons. The molecule has 4 rings (SSSR count). The van der Waals surface area contributed by atoms with Crippen molar-refractivity contribution in [1.82, 2.24) is 10.2 Å². The summed E-state index contributed by atoms with van der Waals surface area (Å²) in [5.74, 6) is -1.41. The zero-order valence-corrected chi connectivity index (χ0v) is 18.2. The van der Waals surface area contributed by atoms with Crippen molar-refractivity contribution in [3.63, 3.8) is 0 Å². The summed E-state index contributed by atoms with van der Waals surface area (Å²) in [5, 5.41) is 2.86. The Hall–Kier alpha value is -3.35. The Labute approximate surface area is 182 Å². The van der Waals surface area contributed by atoms with Crippen LogP contribution in [0, 0.1) is 5.92 Å². The first-order valence-electron chi connectivity index (χ1n) is 10.6. The number of nitrogens with zero attached hydrogens (tertiary/aromatic N) is 3. The number of carbonyl (C=O) groups is 2. The number of amides is 1. The van der Waals surface area contributed by atoms with Gasteiger partial charge in [0, 0.05) is 32.9 Å². The molecule has 2 unspecified atom stereocenters. The van der Waals surface area contributed by atoms with Crippen molar-refractivity contribution in [2.24, 2.45) is 10.9 Å². The monoisotopic (exact) mass is 420 g/mol. The van der Waals surface area contributed by atoms with Gasteiger partial charge in [0.1, 0.15) is 6.04 Å². The van der Waals surface area contributed by atoms with E-state index in [4.69, 9.17) is 9.73 Å². The molecule has 0 saturated carbocycles. The number of benzene rings is 2. The smallest absolute Gasteiger partial charge is 0.321 e. The highest BCUT2D eigenvalue weighted by atomic mass is 16.5. The standard InChI is InChI=1S/C24H28N4O3/c1-4-31-23(30)20-21(17-9-11-19(12-10-17)27(2)3)25-24(26-22(20)29)28-14-13-16-7-5-6-8-18(16)15-28/h5-12,20-21H,4,13-15H2,1-3H3,(H,25,26,29). The molecule has 0 saturated heterocycles. The van der Waals surface area contributed by atoms with Crippen LogP contribution < -0.4 is 10.2 Å². The summed E-state index contributed by atoms with van der Waals surface area (Å²) in [7, 11) is 3.93. The van der Waals surface area contributed by atoms with Crippen molar-refractivity contribution in [3.05, 3.63) is 65.2 Å². The first-order chi connectivity index (χ1) is 15.0. The molecule has 0 bridgehead atoms. The number of hydrogen-bond acceptors (Lipinski definition) is 6. The molecule has 0 aliphatic carbocycles. The minimum atomic E-state index is -1.01. The second-order valence-electron chi connectivity index (χ2n) is 8.04. The van der Waals surface area contributed by atoms with Gasteiger partial charge in [-0.1, -0.05) is 36.4 Å². The lowest BCUT2D eigenvalue weighted by atomic mass is 9.91. The third kappa shape index (κ3) is 4.26. The van der Waals surface area contributed by atoms with Crippen molar-refractivity contribution >= 4 is 23.5 Å². The van der Waals surface area contributed by atoms with E-state index in [2.05, 4.69) is 22.3 Å². The Morgan fingerprint density at radius 1 is 1.16 bits per heavy atom. The third-order valence-electron chi connectivity index (χ3n) is 5.82. The van der Waals surface area contributed by atoms with E-state index >= 15 is 0 Å². The summed E-state index contributed by atoms with van der Waals surface area (Å²) in [4.78, 5) is 34.6. The number of fused-ring (bicyclic) bond motifs is 1. The van der Waals surface area contributed by atoms with Gasteiger partial charge in [-0.05, 0) is 42.2 Å². The summed E-state index contributed by atoms with van der Waals surface area (Å²) < 4.78 is 5.20. The quantitative estimate of drug-likeness (QED) is 0.608. The van der Waals surface area contributed by atoms with E-state index in [-0.39, 0.29) is 12.5 Å². The second kappa shape index (κ2) is 8.79. The van der Waals surface area contributed by atoms with Gasteiger partial charge in [-0.2, -0.15) is 0 Å². The summed E-state index contributed by atoms with van der Waals surface area (Å²) in [6.07, 6.45) is 0.883. The zero-order valence-electron chi connectivity index (χ0n) is 18.2. The molecule has 2 aromatic rings. The van der Waals surface area contributed by atoms with Crippen LogP contribution in [-0.2, 0) is 27.3 Å². The summed E-state index contributed by atoms with van der Waals surface area (Å²) >= 11 is 0. The number of anilines is 1. The normalized spacial score (nSPS) is 20.4. The SMILES string of the molecule is CCOC(=O)C1C(=O)NC(N2CCc3ccccc3C2)=NC1c1ccc(N(C)C)cc1. The molecule has 0 aromatic heterocycles. The average molecular weight is 421 g/mol. The maximum absolute atomic E-state index is 13.0. The molecule has 0 fully saturated rings. The predicted octanol–water partition coefficient (Wildman–Crippen LogP) is 2.52. The van der Waals surface area contributed by atoms with Crippen LogP contribution in [0.5, 0.6) is 0 Å². The molecule has 162 valence electrons. The van der Waals surface area contributed by atoms with Crippen LogP contribution in [0.3, 0.4) is 0 Å². The second-order valence-corrected chi connectivity index (χ2v) is 8.04. The van der Waals surface area contributed by atoms with Crippen molar-refractivity contribution in [1.29, 1.82) is 0 Å². The minimum Gasteiger partial charge on any atom is -0.465 e. The molecule has 1 N–H and O–H groups in total. The lowest BCUT2D eigenvalue weighted by molar-refractivity contribution is -0.153. The van der Waals surface area contributed by atoms with Gasteiger partial charge in [-0.25, -0.2) is 4.99 Å². The molecule has 31 heavy (non-hydrogen) atoms. The van der Waals surface area contributed by atoms with Gasteiger partial charge < -0.3 is 14.5 Å². The Morgan fingerprint density at radius 2 is 1.87 bits per heavy atom. The fourth-order valence-electron chi connectivity index (χ4n) is 4.11. The van der Waals surface area contributed by atoms with E-state index in [0.717, 1.165) is 24.2 Å². The molecule has 1 amide bonds. The van der Waals surface area contributed by atoms with Gasteiger partial charge in [-0.3, -0.25) is 14.9 Å². The van der Waals surface area contributed by atoms with Gasteiger partial charge in [0.05, 0.1) is 6.61 Å². The van der Waals surface area contributed by atoms with Crippen LogP contribution in [0.15, 0.2) is 53.5 Å². The number of ether oxygens (including phenoxy) is 1. The number of guanidine groups is 1. The van der Waals surface area contributed by atoms with Crippen molar-refractivity contribution in [2.45, 2.75) is 25.9 Å². The average Bonchev–Trinajstić information content (AvgIpc) is 2.78. The lowest BCUT2D eigenvalue weighted by Crippen LogP contribution is -2.53. The summed E-state index contributed by atoms with van der Waals surface area (Å²) in [6.45, 7) is 3.38. The fourth-order valence-corrected chi connectivity index (χ4v) is 4.11. The van der Waals surface area contributed by atoms with E-state index in [0.29, 0.717) is 12.5 Å². The molecule has 2 heterocycles. The molecule has 2 aromatic carbocycles. The first-order valence-corrected chi connectivity index (χ1v) is 10.6. The van der Waals surface area contributed by atoms with Crippen molar-refractivity contribution in [3.8, 4) is 0 Å². The highest BCUT2D eigenvalue weighted by Crippen LogP contribution is 2.32. The Morgan fingerprint density at radius 3 is 2.55 bits per heavy atom. The van der Waals surface area contributed by atoms with E-state index < -0.39 is 17.9 Å². The molecule has 7 heteroatoms. The summed E-state index contributed by atoms with van der Waals surface area (Å²) in [5.41, 5.74) is 4.40. The van der Waals surface area contributed by atoms with Crippen LogP contribution >= 0.6 is 0 Å². The van der Waals surface area contributed by atoms with Gasteiger partial charge in [0.25, 0.3) is 0 Å². The van der Waals surface area contributed by atoms with Gasteiger partial charge in [0.15, 0.2) is 5.92 Å². The fraction of sp³-hybridized carbons (Fsp3) is 0.375. The lowest BCUT2D eigenvalue weighted by Gasteiger charge is -2.36. The van der Waals surface area contributed by atoms with E-state index in [1.165, 1.54) is 11.1 Å². The Balaban J connectivity index is 1.68. The predicted molar refractivity (Wildman–Crippen MR) is 120 cm³/mol. The van der Waals surface area contributed by atoms with Crippen LogP contribution in [0.2, 0.25) is 0 Å². The Bertz CT molecular complexity index is 1000. The highest BCUT2D eigenvalue weighted by molar-refractivity contribution is 6.08. The van der Waals surface area contributed by atoms with Crippen LogP contribution in [0.25, 0.3) is 0 Å². The molecule has 2 aliphatic heterocycles. The van der Waals surface area contributed by atoms with Crippen molar-refractivity contribution < 1.29 is 14.3 Å². The van der Waals surface area contributed by atoms with Gasteiger partial charge in [0.2, 0.25) is 11.9 Å². The Kier molecular flexibility index (Phi) is 5.93. The van der Waals surface area contributed by atoms with Gasteiger partial charge >= 0.3 is 5.97 Å². The first kappa shape index (κ1) is 20.9. The molecule has 7 nitrogen and oxygen atoms in total. The highest BCUT2D eigenvalue weighted by Gasteiger charge is 2.42. The molecule has 2 atom stereocenters. The molecular formula is C24H28N4O3. The van der Waals surface area contributed by atoms with Gasteiger partial charge in [-0.15, -0.1) is 0 Å². The largest absolute Gasteiger partial charge is 0.465 e. The number of hydrogen-bond donors (Lipinski definition) is 1. The van der Waals surface area contributed by atoms with Crippen molar-refractivity contribution in [2.75, 3.05) is 32.1 Å². The summed E-state index contributed by atoms with van der Waals surface area (Å²) in [6, 6.07) is 15.5. The maximum atomic E-state index is 13.0. The molecular weight excluding hydrogens is 392 g/mol. The van der Waals surface area contributed by atoms with E-state index in [1.807, 2.05) is 55.4 Å². The van der Waals surface area contributed by atoms with Crippen LogP contribution in [0.4, 0.5) is 5.69 Å². The topological polar surface area (TPSA) is 74.2 Å². The minimum absolute atomic E-state index is 0.217. The number of carbonyl (C=O) groups excluding carboxylic acids is 2. The molecule has 2 aliphatic rings. The number of aliphatic imine (C=N–C) groups is 1. The van der Waals surface area contributed by atoms with E-state index in [9.17, 15) is 9.59 Å². The number of nitrogens with one attached hydrogen (secondary N) is 1. The van der Waals surface area contributed by atoms with Crippen LogP contribution in [0.1, 0.15) is 29.7 Å². The third-order valence-corrected chi connectivity index (χ3v) is 5.82. The zero-order chi connectivity index (χ0) is 22.0.